The van der Waals surface area contributed by atoms with E-state index < -0.39 is 0 Å². The molecule has 1 aromatic carbocycles. The zero-order valence-electron chi connectivity index (χ0n) is 12.0. The minimum atomic E-state index is 0.0193. The molecule has 1 N–H and O–H groups in total. The molecule has 0 aliphatic rings. The molecule has 20 heavy (non-hydrogen) atoms. The van der Waals surface area contributed by atoms with Gasteiger partial charge in [-0.25, -0.2) is 0 Å². The Hall–Kier alpha value is -0.840. The van der Waals surface area contributed by atoms with Crippen LogP contribution in [0.5, 0.6) is 0 Å². The minimum Gasteiger partial charge on any atom is -0.308 e. The van der Waals surface area contributed by atoms with Crippen molar-refractivity contribution in [1.82, 2.24) is 15.1 Å². The SMILES string of the molecule is CCCn1ncc(Cl)c1C(NC)c1cccc(C)c1Br. The second-order valence-electron chi connectivity index (χ2n) is 4.80. The standard InChI is InChI=1S/C15H19BrClN3/c1-4-8-20-15(12(17)9-19-20)14(18-3)11-7-5-6-10(2)13(11)16/h5-7,9,14,18H,4,8H2,1-3H3. The summed E-state index contributed by atoms with van der Waals surface area (Å²) in [5, 5.41) is 8.43. The van der Waals surface area contributed by atoms with E-state index in [2.05, 4.69) is 58.4 Å². The first-order chi connectivity index (χ1) is 9.60. The van der Waals surface area contributed by atoms with Gasteiger partial charge in [0.2, 0.25) is 0 Å². The highest BCUT2D eigenvalue weighted by Gasteiger charge is 2.22. The molecule has 0 saturated carbocycles. The van der Waals surface area contributed by atoms with E-state index in [1.54, 1.807) is 6.20 Å². The third-order valence-electron chi connectivity index (χ3n) is 3.36. The Balaban J connectivity index is 2.52. The molecule has 0 bridgehead atoms. The number of nitrogens with zero attached hydrogens (tertiary/aromatic N) is 2. The van der Waals surface area contributed by atoms with E-state index in [0.29, 0.717) is 5.02 Å². The molecule has 0 fully saturated rings. The van der Waals surface area contributed by atoms with Crippen LogP contribution in [0, 0.1) is 6.92 Å². The summed E-state index contributed by atoms with van der Waals surface area (Å²) in [6, 6.07) is 6.28. The zero-order valence-corrected chi connectivity index (χ0v) is 14.3. The van der Waals surface area contributed by atoms with Gasteiger partial charge in [0.1, 0.15) is 0 Å². The Labute approximate surface area is 133 Å². The van der Waals surface area contributed by atoms with Crippen molar-refractivity contribution in [2.24, 2.45) is 0 Å². The minimum absolute atomic E-state index is 0.0193. The van der Waals surface area contributed by atoms with Crippen molar-refractivity contribution < 1.29 is 0 Å². The van der Waals surface area contributed by atoms with Crippen LogP contribution in [0.2, 0.25) is 5.02 Å². The lowest BCUT2D eigenvalue weighted by Gasteiger charge is -2.21. The van der Waals surface area contributed by atoms with Crippen molar-refractivity contribution in [3.63, 3.8) is 0 Å². The Bertz CT molecular complexity index is 595. The van der Waals surface area contributed by atoms with Gasteiger partial charge in [-0.1, -0.05) is 52.7 Å². The van der Waals surface area contributed by atoms with Crippen LogP contribution >= 0.6 is 27.5 Å². The molecule has 1 unspecified atom stereocenters. The summed E-state index contributed by atoms with van der Waals surface area (Å²) < 4.78 is 3.10. The van der Waals surface area contributed by atoms with E-state index in [0.717, 1.165) is 23.1 Å². The second-order valence-corrected chi connectivity index (χ2v) is 6.00. The topological polar surface area (TPSA) is 29.9 Å². The number of hydrogen-bond acceptors (Lipinski definition) is 2. The summed E-state index contributed by atoms with van der Waals surface area (Å²) >= 11 is 10.0. The molecule has 0 aliphatic heterocycles. The molecule has 108 valence electrons. The molecule has 3 nitrogen and oxygen atoms in total. The molecule has 0 spiro atoms. The van der Waals surface area contributed by atoms with Crippen molar-refractivity contribution >= 4 is 27.5 Å². The molecule has 0 amide bonds. The summed E-state index contributed by atoms with van der Waals surface area (Å²) in [7, 11) is 1.94. The molecule has 0 radical (unpaired) electrons. The van der Waals surface area contributed by atoms with Crippen LogP contribution in [-0.4, -0.2) is 16.8 Å². The number of nitrogens with one attached hydrogen (secondary N) is 1. The molecule has 1 atom stereocenters. The van der Waals surface area contributed by atoms with Crippen molar-refractivity contribution in [2.75, 3.05) is 7.05 Å². The fraction of sp³-hybridized carbons (Fsp3) is 0.400. The Morgan fingerprint density at radius 3 is 2.85 bits per heavy atom. The molecule has 0 aliphatic carbocycles. The van der Waals surface area contributed by atoms with Gasteiger partial charge >= 0.3 is 0 Å². The van der Waals surface area contributed by atoms with Crippen LogP contribution < -0.4 is 5.32 Å². The van der Waals surface area contributed by atoms with Crippen LogP contribution in [0.25, 0.3) is 0 Å². The van der Waals surface area contributed by atoms with Crippen LogP contribution in [0.1, 0.15) is 36.2 Å². The monoisotopic (exact) mass is 355 g/mol. The van der Waals surface area contributed by atoms with Crippen molar-refractivity contribution in [3.8, 4) is 0 Å². The van der Waals surface area contributed by atoms with E-state index in [4.69, 9.17) is 11.6 Å². The zero-order chi connectivity index (χ0) is 14.7. The Morgan fingerprint density at radius 2 is 2.20 bits per heavy atom. The van der Waals surface area contributed by atoms with E-state index in [9.17, 15) is 0 Å². The lowest BCUT2D eigenvalue weighted by atomic mass is 10.0. The first kappa shape index (κ1) is 15.5. The van der Waals surface area contributed by atoms with Gasteiger partial charge in [-0.2, -0.15) is 5.10 Å². The first-order valence-electron chi connectivity index (χ1n) is 6.73. The van der Waals surface area contributed by atoms with Gasteiger partial charge in [0.05, 0.1) is 23.0 Å². The van der Waals surface area contributed by atoms with Crippen molar-refractivity contribution in [2.45, 2.75) is 32.9 Å². The molecule has 2 aromatic rings. The van der Waals surface area contributed by atoms with Gasteiger partial charge in [0.15, 0.2) is 0 Å². The predicted octanol–water partition coefficient (Wildman–Crippen LogP) is 4.33. The van der Waals surface area contributed by atoms with Crippen LogP contribution in [0.4, 0.5) is 0 Å². The number of aromatic nitrogens is 2. The Morgan fingerprint density at radius 1 is 1.45 bits per heavy atom. The highest BCUT2D eigenvalue weighted by atomic mass is 79.9. The van der Waals surface area contributed by atoms with Crippen LogP contribution in [0.3, 0.4) is 0 Å². The third-order valence-corrected chi connectivity index (χ3v) is 4.74. The Kier molecular flexibility index (Phi) is 5.24. The predicted molar refractivity (Wildman–Crippen MR) is 87.3 cm³/mol. The van der Waals surface area contributed by atoms with Gasteiger partial charge in [-0.3, -0.25) is 4.68 Å². The molecule has 2 rings (SSSR count). The maximum absolute atomic E-state index is 6.36. The van der Waals surface area contributed by atoms with E-state index in [1.165, 1.54) is 11.1 Å². The molecular weight excluding hydrogens is 338 g/mol. The van der Waals surface area contributed by atoms with Gasteiger partial charge in [-0.05, 0) is 31.5 Å². The molecule has 1 aromatic heterocycles. The van der Waals surface area contributed by atoms with Crippen LogP contribution in [0.15, 0.2) is 28.9 Å². The molecule has 0 saturated heterocycles. The average molecular weight is 357 g/mol. The number of hydrogen-bond donors (Lipinski definition) is 1. The fourth-order valence-corrected chi connectivity index (χ4v) is 3.13. The van der Waals surface area contributed by atoms with Gasteiger partial charge in [0.25, 0.3) is 0 Å². The summed E-state index contributed by atoms with van der Waals surface area (Å²) in [5.74, 6) is 0. The lowest BCUT2D eigenvalue weighted by molar-refractivity contribution is 0.534. The quantitative estimate of drug-likeness (QED) is 0.864. The molecular formula is C15H19BrClN3. The second kappa shape index (κ2) is 6.74. The number of benzene rings is 1. The summed E-state index contributed by atoms with van der Waals surface area (Å²) in [5.41, 5.74) is 3.40. The van der Waals surface area contributed by atoms with Crippen LogP contribution in [-0.2, 0) is 6.54 Å². The molecule has 5 heteroatoms. The van der Waals surface area contributed by atoms with Crippen molar-refractivity contribution in [1.29, 1.82) is 0 Å². The van der Waals surface area contributed by atoms with E-state index in [1.807, 2.05) is 11.7 Å². The van der Waals surface area contributed by atoms with Gasteiger partial charge in [0, 0.05) is 11.0 Å². The summed E-state index contributed by atoms with van der Waals surface area (Å²) in [4.78, 5) is 0. The van der Waals surface area contributed by atoms with E-state index in [-0.39, 0.29) is 6.04 Å². The summed E-state index contributed by atoms with van der Waals surface area (Å²) in [6.45, 7) is 5.09. The normalized spacial score (nSPS) is 12.7. The summed E-state index contributed by atoms with van der Waals surface area (Å²) in [6.07, 6.45) is 2.75. The smallest absolute Gasteiger partial charge is 0.0837 e. The van der Waals surface area contributed by atoms with E-state index >= 15 is 0 Å². The highest BCUT2D eigenvalue weighted by molar-refractivity contribution is 9.10. The average Bonchev–Trinajstić information content (AvgIpc) is 2.78. The van der Waals surface area contributed by atoms with Gasteiger partial charge < -0.3 is 5.32 Å². The first-order valence-corrected chi connectivity index (χ1v) is 7.90. The number of halogens is 2. The van der Waals surface area contributed by atoms with Gasteiger partial charge in [-0.15, -0.1) is 0 Å². The third kappa shape index (κ3) is 2.92. The molecule has 1 heterocycles. The number of rotatable bonds is 5. The highest BCUT2D eigenvalue weighted by Crippen LogP contribution is 2.33. The largest absolute Gasteiger partial charge is 0.308 e. The maximum Gasteiger partial charge on any atom is 0.0837 e. The lowest BCUT2D eigenvalue weighted by Crippen LogP contribution is -2.22. The fourth-order valence-electron chi connectivity index (χ4n) is 2.38. The maximum atomic E-state index is 6.36. The van der Waals surface area contributed by atoms with Crippen molar-refractivity contribution in [3.05, 3.63) is 50.7 Å². The number of aryl methyl sites for hydroxylation is 2.